The zero-order valence-electron chi connectivity index (χ0n) is 9.48. The molecule has 0 saturated carbocycles. The lowest BCUT2D eigenvalue weighted by molar-refractivity contribution is -0.154. The largest absolute Gasteiger partial charge is 0.468 e. The minimum absolute atomic E-state index is 0.136. The molecule has 0 aliphatic rings. The van der Waals surface area contributed by atoms with Crippen molar-refractivity contribution < 1.29 is 27.1 Å². The van der Waals surface area contributed by atoms with E-state index in [-0.39, 0.29) is 11.6 Å². The van der Waals surface area contributed by atoms with Crippen molar-refractivity contribution in [2.45, 2.75) is 6.18 Å². The van der Waals surface area contributed by atoms with Crippen molar-refractivity contribution in [3.05, 3.63) is 36.2 Å². The number of hydrogen-bond donors (Lipinski definition) is 0. The summed E-state index contributed by atoms with van der Waals surface area (Å²) in [4.78, 5) is 14.2. The molecule has 4 nitrogen and oxygen atoms in total. The van der Waals surface area contributed by atoms with Crippen LogP contribution < -0.4 is 4.74 Å². The highest BCUT2D eigenvalue weighted by Gasteiger charge is 2.28. The van der Waals surface area contributed by atoms with E-state index in [0.717, 1.165) is 0 Å². The predicted molar refractivity (Wildman–Crippen MR) is 58.9 cm³/mol. The van der Waals surface area contributed by atoms with Crippen molar-refractivity contribution >= 4 is 6.29 Å². The molecule has 0 bridgehead atoms. The maximum atomic E-state index is 11.9. The Morgan fingerprint density at radius 3 is 2.58 bits per heavy atom. The van der Waals surface area contributed by atoms with Crippen LogP contribution in [0, 0.1) is 0 Å². The van der Waals surface area contributed by atoms with Gasteiger partial charge in [-0.3, -0.25) is 4.79 Å². The minimum Gasteiger partial charge on any atom is -0.468 e. The molecule has 0 N–H and O–H groups in total. The zero-order chi connectivity index (χ0) is 13.9. The van der Waals surface area contributed by atoms with Crippen molar-refractivity contribution in [1.82, 2.24) is 4.98 Å². The van der Waals surface area contributed by atoms with Crippen LogP contribution in [0.4, 0.5) is 13.2 Å². The van der Waals surface area contributed by atoms with Gasteiger partial charge in [0.25, 0.3) is 0 Å². The van der Waals surface area contributed by atoms with Gasteiger partial charge in [-0.1, -0.05) is 0 Å². The molecule has 0 saturated heterocycles. The fourth-order valence-corrected chi connectivity index (χ4v) is 1.34. The zero-order valence-corrected chi connectivity index (χ0v) is 9.48. The molecular weight excluding hydrogens is 263 g/mol. The van der Waals surface area contributed by atoms with Crippen LogP contribution in [0.1, 0.15) is 10.6 Å². The summed E-state index contributed by atoms with van der Waals surface area (Å²) in [5, 5.41) is 0. The van der Waals surface area contributed by atoms with E-state index in [9.17, 15) is 18.0 Å². The summed E-state index contributed by atoms with van der Waals surface area (Å²) in [6.07, 6.45) is -2.54. The fraction of sp³-hybridized carbons (Fsp3) is 0.167. The summed E-state index contributed by atoms with van der Waals surface area (Å²) in [6, 6.07) is 5.84. The number of furan rings is 1. The molecule has 2 aromatic heterocycles. The summed E-state index contributed by atoms with van der Waals surface area (Å²) in [5.74, 6) is 0.424. The molecule has 0 amide bonds. The molecule has 0 fully saturated rings. The second-order valence-electron chi connectivity index (χ2n) is 3.61. The summed E-state index contributed by atoms with van der Waals surface area (Å²) in [5.41, 5.74) is 0.535. The van der Waals surface area contributed by atoms with Crippen molar-refractivity contribution in [3.8, 4) is 17.2 Å². The molecule has 0 radical (unpaired) electrons. The van der Waals surface area contributed by atoms with Crippen LogP contribution in [0.5, 0.6) is 5.88 Å². The smallest absolute Gasteiger partial charge is 0.422 e. The number of ether oxygens (including phenoxy) is 1. The van der Waals surface area contributed by atoms with Crippen LogP contribution in [0.2, 0.25) is 0 Å². The summed E-state index contributed by atoms with van der Waals surface area (Å²) < 4.78 is 45.4. The van der Waals surface area contributed by atoms with Crippen molar-refractivity contribution in [1.29, 1.82) is 0 Å². The number of carbonyl (C=O) groups is 1. The van der Waals surface area contributed by atoms with Gasteiger partial charge in [-0.2, -0.15) is 13.2 Å². The van der Waals surface area contributed by atoms with E-state index in [1.54, 1.807) is 6.07 Å². The molecule has 2 aromatic rings. The third-order valence-electron chi connectivity index (χ3n) is 2.15. The quantitative estimate of drug-likeness (QED) is 0.802. The van der Waals surface area contributed by atoms with E-state index in [1.807, 2.05) is 0 Å². The SMILES string of the molecule is O=Cc1ccc(-c2ccc(OCC(F)(F)F)nc2)o1. The first-order chi connectivity index (χ1) is 8.98. The Kier molecular flexibility index (Phi) is 3.55. The van der Waals surface area contributed by atoms with Gasteiger partial charge in [-0.15, -0.1) is 0 Å². The molecule has 2 rings (SSSR count). The lowest BCUT2D eigenvalue weighted by atomic mass is 10.2. The van der Waals surface area contributed by atoms with Gasteiger partial charge >= 0.3 is 6.18 Å². The molecule has 0 aliphatic carbocycles. The number of rotatable bonds is 4. The Labute approximate surface area is 105 Å². The molecule has 7 heteroatoms. The molecule has 0 spiro atoms. The molecule has 19 heavy (non-hydrogen) atoms. The first-order valence-electron chi connectivity index (χ1n) is 5.19. The number of carbonyl (C=O) groups excluding carboxylic acids is 1. The van der Waals surface area contributed by atoms with E-state index in [4.69, 9.17) is 4.42 Å². The number of pyridine rings is 1. The third-order valence-corrected chi connectivity index (χ3v) is 2.15. The second kappa shape index (κ2) is 5.13. The summed E-state index contributed by atoms with van der Waals surface area (Å²) in [7, 11) is 0. The monoisotopic (exact) mass is 271 g/mol. The van der Waals surface area contributed by atoms with Crippen LogP contribution in [-0.4, -0.2) is 24.1 Å². The lowest BCUT2D eigenvalue weighted by Gasteiger charge is -2.08. The molecule has 2 heterocycles. The Morgan fingerprint density at radius 2 is 2.05 bits per heavy atom. The van der Waals surface area contributed by atoms with Gasteiger partial charge in [-0.05, 0) is 18.2 Å². The van der Waals surface area contributed by atoms with Gasteiger partial charge < -0.3 is 9.15 Å². The van der Waals surface area contributed by atoms with Gasteiger partial charge in [0.2, 0.25) is 5.88 Å². The Hall–Kier alpha value is -2.31. The maximum Gasteiger partial charge on any atom is 0.422 e. The highest BCUT2D eigenvalue weighted by atomic mass is 19.4. The van der Waals surface area contributed by atoms with Gasteiger partial charge in [-0.25, -0.2) is 4.98 Å². The van der Waals surface area contributed by atoms with E-state index in [2.05, 4.69) is 9.72 Å². The molecule has 0 unspecified atom stereocenters. The molecule has 0 atom stereocenters. The van der Waals surface area contributed by atoms with E-state index in [1.165, 1.54) is 24.4 Å². The van der Waals surface area contributed by atoms with Crippen molar-refractivity contribution in [3.63, 3.8) is 0 Å². The average Bonchev–Trinajstić information content (AvgIpc) is 2.85. The molecular formula is C12H8F3NO3. The lowest BCUT2D eigenvalue weighted by Crippen LogP contribution is -2.19. The Morgan fingerprint density at radius 1 is 1.26 bits per heavy atom. The van der Waals surface area contributed by atoms with Gasteiger partial charge in [0, 0.05) is 17.8 Å². The van der Waals surface area contributed by atoms with Crippen LogP contribution in [0.25, 0.3) is 11.3 Å². The summed E-state index contributed by atoms with van der Waals surface area (Å²) in [6.45, 7) is -1.39. The second-order valence-corrected chi connectivity index (χ2v) is 3.61. The standard InChI is InChI=1S/C12H8F3NO3/c13-12(14,15)7-18-11-4-1-8(5-16-11)10-3-2-9(6-17)19-10/h1-6H,7H2. The maximum absolute atomic E-state index is 11.9. The fourth-order valence-electron chi connectivity index (χ4n) is 1.34. The Balaban J connectivity index is 2.07. The topological polar surface area (TPSA) is 52.3 Å². The van der Waals surface area contributed by atoms with Crippen molar-refractivity contribution in [2.75, 3.05) is 6.61 Å². The minimum atomic E-state index is -4.40. The third kappa shape index (κ3) is 3.57. The summed E-state index contributed by atoms with van der Waals surface area (Å²) >= 11 is 0. The first-order valence-corrected chi connectivity index (χ1v) is 5.19. The van der Waals surface area contributed by atoms with Crippen molar-refractivity contribution in [2.24, 2.45) is 0 Å². The van der Waals surface area contributed by atoms with Crippen LogP contribution in [0.15, 0.2) is 34.9 Å². The van der Waals surface area contributed by atoms with Gasteiger partial charge in [0.15, 0.2) is 18.7 Å². The Bertz CT molecular complexity index is 560. The van der Waals surface area contributed by atoms with Gasteiger partial charge in [0.1, 0.15) is 5.76 Å². The number of halogens is 3. The predicted octanol–water partition coefficient (Wildman–Crippen LogP) is 3.10. The molecule has 0 aromatic carbocycles. The molecule has 0 aliphatic heterocycles. The number of nitrogens with zero attached hydrogens (tertiary/aromatic N) is 1. The van der Waals surface area contributed by atoms with E-state index < -0.39 is 12.8 Å². The number of hydrogen-bond acceptors (Lipinski definition) is 4. The molecule has 100 valence electrons. The number of aldehydes is 1. The number of alkyl halides is 3. The van der Waals surface area contributed by atoms with Crippen LogP contribution >= 0.6 is 0 Å². The van der Waals surface area contributed by atoms with E-state index >= 15 is 0 Å². The highest BCUT2D eigenvalue weighted by Crippen LogP contribution is 2.23. The highest BCUT2D eigenvalue weighted by molar-refractivity contribution is 5.72. The van der Waals surface area contributed by atoms with Gasteiger partial charge in [0.05, 0.1) is 0 Å². The first kappa shape index (κ1) is 13.1. The van der Waals surface area contributed by atoms with Crippen LogP contribution in [-0.2, 0) is 0 Å². The normalized spacial score (nSPS) is 11.3. The number of aromatic nitrogens is 1. The van der Waals surface area contributed by atoms with Crippen LogP contribution in [0.3, 0.4) is 0 Å². The van der Waals surface area contributed by atoms with E-state index in [0.29, 0.717) is 17.6 Å². The average molecular weight is 271 g/mol.